The van der Waals surface area contributed by atoms with Crippen LogP contribution < -0.4 is 10.6 Å². The number of rotatable bonds is 16. The predicted molar refractivity (Wildman–Crippen MR) is 131 cm³/mol. The van der Waals surface area contributed by atoms with Crippen LogP contribution in [-0.2, 0) is 108 Å². The van der Waals surface area contributed by atoms with Crippen molar-refractivity contribution in [1.82, 2.24) is 10.6 Å². The Labute approximate surface area is 277 Å². The fraction of sp³-hybridized carbons (Fsp3) is 0.720. The molecule has 0 aliphatic carbocycles. The van der Waals surface area contributed by atoms with E-state index in [1.807, 2.05) is 0 Å². The molecule has 13 heteroatoms. The third kappa shape index (κ3) is 18.5. The van der Waals surface area contributed by atoms with E-state index >= 15 is 0 Å². The number of hydrogen-bond acceptors (Lipinski definition) is 9. The number of carbonyl (C=O) groups excluding carboxylic acids is 5. The summed E-state index contributed by atoms with van der Waals surface area (Å²) in [6.07, 6.45) is 0.123. The van der Waals surface area contributed by atoms with Gasteiger partial charge >= 0.3 is 5.97 Å². The van der Waals surface area contributed by atoms with Crippen LogP contribution in [0.2, 0.25) is 0 Å². The van der Waals surface area contributed by atoms with E-state index in [2.05, 4.69) is 10.6 Å². The maximum absolute atomic E-state index is 12.4. The number of esters is 3. The average molecular weight is 692 g/mol. The molecule has 0 aliphatic heterocycles. The van der Waals surface area contributed by atoms with Crippen LogP contribution in [0.3, 0.4) is 0 Å². The van der Waals surface area contributed by atoms with E-state index in [0.717, 1.165) is 0 Å². The van der Waals surface area contributed by atoms with Crippen LogP contribution in [0, 0.1) is 22.7 Å². The third-order valence-electron chi connectivity index (χ3n) is 4.65. The summed E-state index contributed by atoms with van der Waals surface area (Å²) in [6.45, 7) is 12.4. The Bertz CT molecular complexity index is 730. The molecule has 0 spiro atoms. The molecule has 0 bridgehead atoms. The van der Waals surface area contributed by atoms with E-state index in [9.17, 15) is 24.0 Å². The van der Waals surface area contributed by atoms with Gasteiger partial charge in [-0.05, 0) is 27.7 Å². The molecular weight excluding hydrogens is 650 g/mol. The molecule has 0 heterocycles. The van der Waals surface area contributed by atoms with Gasteiger partial charge in [-0.3, -0.25) is 35.8 Å². The molecule has 0 fully saturated rings. The van der Waals surface area contributed by atoms with Gasteiger partial charge in [0.25, 0.3) is 0 Å². The molecule has 0 aromatic heterocycles. The molecule has 2 N–H and O–H groups in total. The van der Waals surface area contributed by atoms with Crippen molar-refractivity contribution < 1.29 is 108 Å². The van der Waals surface area contributed by atoms with Gasteiger partial charge in [-0.2, -0.15) is 27.7 Å². The molecular formula is C25H42N2O9Y2-2. The number of hydrogen-bond donors (Lipinski definition) is 2. The topological polar surface area (TPSA) is 146 Å². The molecule has 2 amide bonds. The quantitative estimate of drug-likeness (QED) is 0.140. The summed E-state index contributed by atoms with van der Waals surface area (Å²) in [5, 5.41) is 5.20. The molecule has 214 valence electrons. The van der Waals surface area contributed by atoms with E-state index < -0.39 is 34.6 Å². The predicted octanol–water partition coefficient (Wildman–Crippen LogP) is 1.53. The monoisotopic (exact) mass is 692 g/mol. The van der Waals surface area contributed by atoms with Gasteiger partial charge in [0.2, 0.25) is 11.8 Å². The molecule has 0 atom stereocenters. The minimum Gasteiger partial charge on any atom is -0.487 e. The molecule has 0 saturated carbocycles. The molecule has 2 radical (unpaired) electrons. The molecule has 0 aromatic rings. The Morgan fingerprint density at radius 1 is 0.711 bits per heavy atom. The van der Waals surface area contributed by atoms with E-state index in [4.69, 9.17) is 18.9 Å². The minimum absolute atomic E-state index is 0. The van der Waals surface area contributed by atoms with Crippen LogP contribution in [0.5, 0.6) is 0 Å². The van der Waals surface area contributed by atoms with Crippen molar-refractivity contribution in [1.29, 1.82) is 0 Å². The minimum atomic E-state index is -1.27. The first kappa shape index (κ1) is 41.7. The average Bonchev–Trinajstić information content (AvgIpc) is 2.78. The molecule has 38 heavy (non-hydrogen) atoms. The Hall–Kier alpha value is -0.742. The van der Waals surface area contributed by atoms with Crippen molar-refractivity contribution in [2.45, 2.75) is 61.8 Å². The van der Waals surface area contributed by atoms with Gasteiger partial charge in [0.15, 0.2) is 11.9 Å². The fourth-order valence-corrected chi connectivity index (χ4v) is 2.42. The van der Waals surface area contributed by atoms with Crippen LogP contribution in [0.4, 0.5) is 0 Å². The molecule has 0 aromatic carbocycles. The zero-order valence-corrected chi connectivity index (χ0v) is 29.7. The van der Waals surface area contributed by atoms with Crippen molar-refractivity contribution >= 4 is 29.7 Å². The first-order chi connectivity index (χ1) is 16.6. The maximum Gasteiger partial charge on any atom is 0.311 e. The first-order valence-electron chi connectivity index (χ1n) is 11.9. The van der Waals surface area contributed by atoms with Crippen LogP contribution in [-0.4, -0.2) is 75.8 Å². The van der Waals surface area contributed by atoms with E-state index in [1.54, 1.807) is 55.4 Å². The summed E-state index contributed by atoms with van der Waals surface area (Å²) < 4.78 is 21.8. The SMILES string of the molecule is CCNC(=O)CCNC(=O)COCC(COC(=O)[C-](C)C)(COC(=O)[C-](C)C)COC(=O)C(C)(C)C.[Y].[Y]. The van der Waals surface area contributed by atoms with Crippen molar-refractivity contribution in [3.05, 3.63) is 11.8 Å². The van der Waals surface area contributed by atoms with Gasteiger partial charge in [-0.15, -0.1) is 0 Å². The zero-order chi connectivity index (χ0) is 27.9. The Kier molecular flexibility index (Phi) is 23.1. The summed E-state index contributed by atoms with van der Waals surface area (Å²) in [6, 6.07) is 0. The Morgan fingerprint density at radius 2 is 1.18 bits per heavy atom. The smallest absolute Gasteiger partial charge is 0.311 e. The van der Waals surface area contributed by atoms with Crippen molar-refractivity contribution in [2.24, 2.45) is 10.8 Å². The standard InChI is InChI=1S/C25H42N2O9.2Y/c1-9-26-19(28)10-11-27-20(29)12-33-13-25(14-34-21(30)17(2)3,15-35-22(31)18(4)5)16-36-23(32)24(6,7)8;;/h9-16H2,1-8H3,(H,26,28)(H,27,29);;/q-2;;. The second-order valence-electron chi connectivity index (χ2n) is 10.0. The largest absolute Gasteiger partial charge is 0.487 e. The summed E-state index contributed by atoms with van der Waals surface area (Å²) in [7, 11) is 0. The molecule has 11 nitrogen and oxygen atoms in total. The van der Waals surface area contributed by atoms with Gasteiger partial charge in [0.1, 0.15) is 26.4 Å². The summed E-state index contributed by atoms with van der Waals surface area (Å²) in [4.78, 5) is 60.3. The zero-order valence-electron chi connectivity index (χ0n) is 24.0. The first-order valence-corrected chi connectivity index (χ1v) is 11.9. The summed E-state index contributed by atoms with van der Waals surface area (Å²) >= 11 is 0. The molecule has 0 saturated heterocycles. The van der Waals surface area contributed by atoms with E-state index in [1.165, 1.54) is 0 Å². The van der Waals surface area contributed by atoms with Crippen molar-refractivity contribution in [2.75, 3.05) is 46.1 Å². The summed E-state index contributed by atoms with van der Waals surface area (Å²) in [5.41, 5.74) is -2.07. The second-order valence-corrected chi connectivity index (χ2v) is 10.0. The fourth-order valence-electron chi connectivity index (χ4n) is 2.42. The van der Waals surface area contributed by atoms with Gasteiger partial charge in [-0.25, -0.2) is 0 Å². The van der Waals surface area contributed by atoms with Crippen LogP contribution in [0.25, 0.3) is 0 Å². The van der Waals surface area contributed by atoms with Crippen molar-refractivity contribution in [3.8, 4) is 0 Å². The number of nitrogens with one attached hydrogen (secondary N) is 2. The molecule has 0 unspecified atom stereocenters. The second kappa shape index (κ2) is 21.1. The van der Waals surface area contributed by atoms with Gasteiger partial charge in [-0.1, -0.05) is 0 Å². The van der Waals surface area contributed by atoms with E-state index in [0.29, 0.717) is 18.4 Å². The van der Waals surface area contributed by atoms with E-state index in [-0.39, 0.29) is 117 Å². The Balaban J connectivity index is -0.00000612. The third-order valence-corrected chi connectivity index (χ3v) is 4.65. The van der Waals surface area contributed by atoms with Gasteiger partial charge in [0, 0.05) is 84.9 Å². The number of amides is 2. The molecule has 0 aliphatic rings. The van der Waals surface area contributed by atoms with Crippen molar-refractivity contribution in [3.63, 3.8) is 0 Å². The normalized spacial score (nSPS) is 10.6. The van der Waals surface area contributed by atoms with Crippen LogP contribution in [0.1, 0.15) is 61.8 Å². The van der Waals surface area contributed by atoms with Crippen LogP contribution >= 0.6 is 0 Å². The maximum atomic E-state index is 12.4. The summed E-state index contributed by atoms with van der Waals surface area (Å²) in [5.74, 6) is -1.51. The molecule has 0 rings (SSSR count). The number of ether oxygens (including phenoxy) is 4. The van der Waals surface area contributed by atoms with Gasteiger partial charge < -0.3 is 29.6 Å². The van der Waals surface area contributed by atoms with Crippen LogP contribution in [0.15, 0.2) is 0 Å². The number of carbonyl (C=O) groups is 5. The van der Waals surface area contributed by atoms with Gasteiger partial charge in [0.05, 0.1) is 17.4 Å². The Morgan fingerprint density at radius 3 is 1.61 bits per heavy atom.